The summed E-state index contributed by atoms with van der Waals surface area (Å²) in [6, 6.07) is 8.45. The van der Waals surface area contributed by atoms with E-state index in [0.29, 0.717) is 27.9 Å². The fraction of sp³-hybridized carbons (Fsp3) is 0.158. The van der Waals surface area contributed by atoms with Gasteiger partial charge in [-0.25, -0.2) is 4.98 Å². The number of ether oxygens (including phenoxy) is 2. The highest BCUT2D eigenvalue weighted by Gasteiger charge is 2.30. The van der Waals surface area contributed by atoms with Crippen LogP contribution in [-0.2, 0) is 6.18 Å². The molecule has 0 fully saturated rings. The van der Waals surface area contributed by atoms with Gasteiger partial charge in [-0.15, -0.1) is 11.3 Å². The van der Waals surface area contributed by atoms with Crippen molar-refractivity contribution in [2.45, 2.75) is 6.18 Å². The molecule has 1 heterocycles. The zero-order chi connectivity index (χ0) is 21.0. The Morgan fingerprint density at radius 2 is 1.86 bits per heavy atom. The molecule has 0 saturated heterocycles. The second-order valence-corrected chi connectivity index (χ2v) is 7.43. The van der Waals surface area contributed by atoms with Crippen molar-refractivity contribution < 1.29 is 22.6 Å². The van der Waals surface area contributed by atoms with Crippen LogP contribution >= 0.6 is 27.3 Å². The predicted octanol–water partition coefficient (Wildman–Crippen LogP) is 6.05. The standard InChI is InChI=1S/C19H15BrF3N3O2S/c1-27-16-8-11(7-14(20)17(16)28-2)9-24-26-18-25-15(10-29-18)12-3-5-13(6-4-12)19(21,22)23/h3-10H,1-2H3,(H,25,26)/b24-9+. The minimum Gasteiger partial charge on any atom is -0.493 e. The Morgan fingerprint density at radius 3 is 2.48 bits per heavy atom. The van der Waals surface area contributed by atoms with Gasteiger partial charge in [0.15, 0.2) is 11.5 Å². The number of nitrogens with one attached hydrogen (secondary N) is 1. The molecule has 1 N–H and O–H groups in total. The summed E-state index contributed by atoms with van der Waals surface area (Å²) < 4.78 is 49.3. The highest BCUT2D eigenvalue weighted by atomic mass is 79.9. The van der Waals surface area contributed by atoms with E-state index in [9.17, 15) is 13.2 Å². The normalized spacial score (nSPS) is 11.7. The third-order valence-corrected chi connectivity index (χ3v) is 5.18. The van der Waals surface area contributed by atoms with Crippen LogP contribution in [0, 0.1) is 0 Å². The van der Waals surface area contributed by atoms with Crippen molar-refractivity contribution in [3.05, 3.63) is 57.4 Å². The molecule has 10 heteroatoms. The summed E-state index contributed by atoms with van der Waals surface area (Å²) in [5, 5.41) is 6.40. The van der Waals surface area contributed by atoms with Crippen LogP contribution in [0.1, 0.15) is 11.1 Å². The fourth-order valence-corrected chi connectivity index (χ4v) is 3.75. The summed E-state index contributed by atoms with van der Waals surface area (Å²) in [5.41, 5.74) is 4.04. The van der Waals surface area contributed by atoms with Crippen LogP contribution in [0.4, 0.5) is 18.3 Å². The first-order chi connectivity index (χ1) is 13.8. The minimum atomic E-state index is -4.36. The summed E-state index contributed by atoms with van der Waals surface area (Å²) >= 11 is 4.71. The molecule has 152 valence electrons. The Balaban J connectivity index is 1.70. The molecule has 0 atom stereocenters. The maximum absolute atomic E-state index is 12.7. The Labute approximate surface area is 177 Å². The number of benzene rings is 2. The van der Waals surface area contributed by atoms with E-state index < -0.39 is 11.7 Å². The smallest absolute Gasteiger partial charge is 0.416 e. The van der Waals surface area contributed by atoms with Gasteiger partial charge in [-0.05, 0) is 45.8 Å². The van der Waals surface area contributed by atoms with Crippen LogP contribution in [-0.4, -0.2) is 25.4 Å². The number of thiazole rings is 1. The zero-order valence-corrected chi connectivity index (χ0v) is 17.7. The molecule has 29 heavy (non-hydrogen) atoms. The first-order valence-corrected chi connectivity index (χ1v) is 9.83. The maximum atomic E-state index is 12.7. The van der Waals surface area contributed by atoms with E-state index in [1.165, 1.54) is 23.5 Å². The molecule has 0 radical (unpaired) electrons. The van der Waals surface area contributed by atoms with Gasteiger partial charge in [-0.3, -0.25) is 5.43 Å². The Bertz CT molecular complexity index is 1020. The number of anilines is 1. The van der Waals surface area contributed by atoms with Gasteiger partial charge >= 0.3 is 6.18 Å². The highest BCUT2D eigenvalue weighted by molar-refractivity contribution is 9.10. The molecular weight excluding hydrogens is 471 g/mol. The number of aromatic nitrogens is 1. The van der Waals surface area contributed by atoms with Crippen LogP contribution in [0.15, 0.2) is 51.4 Å². The molecule has 0 amide bonds. The summed E-state index contributed by atoms with van der Waals surface area (Å²) in [6.45, 7) is 0. The third-order valence-electron chi connectivity index (χ3n) is 3.84. The Kier molecular flexibility index (Phi) is 6.43. The van der Waals surface area contributed by atoms with Crippen molar-refractivity contribution in [3.63, 3.8) is 0 Å². The molecule has 1 aromatic heterocycles. The van der Waals surface area contributed by atoms with Gasteiger partial charge in [0.2, 0.25) is 5.13 Å². The monoisotopic (exact) mass is 485 g/mol. The number of hydrogen-bond donors (Lipinski definition) is 1. The number of methoxy groups -OCH3 is 2. The molecule has 0 aliphatic carbocycles. The van der Waals surface area contributed by atoms with E-state index in [1.54, 1.807) is 31.9 Å². The minimum absolute atomic E-state index is 0.510. The molecule has 0 bridgehead atoms. The second-order valence-electron chi connectivity index (χ2n) is 5.72. The van der Waals surface area contributed by atoms with Gasteiger partial charge in [0.05, 0.1) is 36.2 Å². The Hall–Kier alpha value is -2.59. The second kappa shape index (κ2) is 8.83. The van der Waals surface area contributed by atoms with Crippen LogP contribution < -0.4 is 14.9 Å². The van der Waals surface area contributed by atoms with Gasteiger partial charge in [-0.2, -0.15) is 18.3 Å². The van der Waals surface area contributed by atoms with Gasteiger partial charge in [0.25, 0.3) is 0 Å². The first kappa shape index (κ1) is 21.1. The summed E-state index contributed by atoms with van der Waals surface area (Å²) in [4.78, 5) is 4.34. The zero-order valence-electron chi connectivity index (χ0n) is 15.2. The lowest BCUT2D eigenvalue weighted by molar-refractivity contribution is -0.137. The molecule has 0 spiro atoms. The van der Waals surface area contributed by atoms with Crippen molar-refractivity contribution in [3.8, 4) is 22.8 Å². The van der Waals surface area contributed by atoms with Gasteiger partial charge < -0.3 is 9.47 Å². The number of halogens is 4. The fourth-order valence-electron chi connectivity index (χ4n) is 2.46. The predicted molar refractivity (Wildman–Crippen MR) is 111 cm³/mol. The van der Waals surface area contributed by atoms with Crippen LogP contribution in [0.25, 0.3) is 11.3 Å². The number of hydrogen-bond acceptors (Lipinski definition) is 6. The summed E-state index contributed by atoms with van der Waals surface area (Å²) in [5.74, 6) is 1.14. The molecule has 3 aromatic rings. The first-order valence-electron chi connectivity index (χ1n) is 8.15. The van der Waals surface area contributed by atoms with Crippen molar-refractivity contribution >= 4 is 38.6 Å². The molecule has 3 rings (SSSR count). The molecule has 0 aliphatic rings. The van der Waals surface area contributed by atoms with Gasteiger partial charge in [0.1, 0.15) is 0 Å². The number of rotatable bonds is 6. The van der Waals surface area contributed by atoms with Crippen molar-refractivity contribution in [2.24, 2.45) is 5.10 Å². The van der Waals surface area contributed by atoms with Crippen LogP contribution in [0.3, 0.4) is 0 Å². The average molecular weight is 486 g/mol. The van der Waals surface area contributed by atoms with Crippen molar-refractivity contribution in [1.29, 1.82) is 0 Å². The van der Waals surface area contributed by atoms with E-state index in [0.717, 1.165) is 22.2 Å². The van der Waals surface area contributed by atoms with E-state index >= 15 is 0 Å². The van der Waals surface area contributed by atoms with E-state index in [1.807, 2.05) is 6.07 Å². The van der Waals surface area contributed by atoms with Crippen LogP contribution in [0.2, 0.25) is 0 Å². The topological polar surface area (TPSA) is 55.7 Å². The van der Waals surface area contributed by atoms with Gasteiger partial charge in [0, 0.05) is 10.9 Å². The van der Waals surface area contributed by atoms with Crippen LogP contribution in [0.5, 0.6) is 11.5 Å². The highest BCUT2D eigenvalue weighted by Crippen LogP contribution is 2.36. The number of hydrazone groups is 1. The summed E-state index contributed by atoms with van der Waals surface area (Å²) in [7, 11) is 3.09. The molecule has 0 unspecified atom stereocenters. The Morgan fingerprint density at radius 1 is 1.14 bits per heavy atom. The maximum Gasteiger partial charge on any atom is 0.416 e. The largest absolute Gasteiger partial charge is 0.493 e. The van der Waals surface area contributed by atoms with E-state index in [-0.39, 0.29) is 0 Å². The lowest BCUT2D eigenvalue weighted by atomic mass is 10.1. The third kappa shape index (κ3) is 5.07. The molecule has 2 aromatic carbocycles. The van der Waals surface area contributed by atoms with Crippen molar-refractivity contribution in [2.75, 3.05) is 19.6 Å². The van der Waals surface area contributed by atoms with E-state index in [2.05, 4.69) is 31.4 Å². The van der Waals surface area contributed by atoms with E-state index in [4.69, 9.17) is 9.47 Å². The van der Waals surface area contributed by atoms with Crippen molar-refractivity contribution in [1.82, 2.24) is 4.98 Å². The average Bonchev–Trinajstić information content (AvgIpc) is 3.16. The lowest BCUT2D eigenvalue weighted by Crippen LogP contribution is -2.03. The quantitative estimate of drug-likeness (QED) is 0.340. The molecule has 5 nitrogen and oxygen atoms in total. The SMILES string of the molecule is COc1cc(/C=N/Nc2nc(-c3ccc(C(F)(F)F)cc3)cs2)cc(Br)c1OC. The molecule has 0 aliphatic heterocycles. The summed E-state index contributed by atoms with van der Waals surface area (Å²) in [6.07, 6.45) is -2.77. The number of nitrogens with zero attached hydrogens (tertiary/aromatic N) is 2. The van der Waals surface area contributed by atoms with Gasteiger partial charge in [-0.1, -0.05) is 12.1 Å². The number of alkyl halides is 3. The molecular formula is C19H15BrF3N3O2S. The molecule has 0 saturated carbocycles. The lowest BCUT2D eigenvalue weighted by Gasteiger charge is -2.10.